The number of carbonyl (C=O) groups is 1. The molecule has 1 amide bonds. The molecule has 0 radical (unpaired) electrons. The first-order chi connectivity index (χ1) is 18.0. The van der Waals surface area contributed by atoms with Crippen molar-refractivity contribution in [3.8, 4) is 23.3 Å². The van der Waals surface area contributed by atoms with Crippen LogP contribution >= 0.6 is 15.9 Å². The molecule has 3 aromatic rings. The van der Waals surface area contributed by atoms with Gasteiger partial charge in [0.2, 0.25) is 5.75 Å². The molecule has 38 heavy (non-hydrogen) atoms. The van der Waals surface area contributed by atoms with E-state index < -0.39 is 37.7 Å². The van der Waals surface area contributed by atoms with Gasteiger partial charge in [-0.25, -0.2) is 0 Å². The van der Waals surface area contributed by atoms with E-state index in [1.807, 2.05) is 0 Å². The molecule has 0 aliphatic heterocycles. The molecule has 0 aliphatic carbocycles. The van der Waals surface area contributed by atoms with Crippen molar-refractivity contribution in [1.82, 2.24) is 0 Å². The third-order valence-corrected chi connectivity index (χ3v) is 5.47. The zero-order chi connectivity index (χ0) is 28.0. The number of nitro benzene ring substituents is 3. The van der Waals surface area contributed by atoms with Crippen LogP contribution in [0.4, 0.5) is 22.7 Å². The molecule has 1 N–H and O–H groups in total. The van der Waals surface area contributed by atoms with E-state index in [2.05, 4.69) is 21.2 Å². The van der Waals surface area contributed by atoms with Crippen LogP contribution in [0.15, 0.2) is 64.6 Å². The van der Waals surface area contributed by atoms with Gasteiger partial charge in [-0.3, -0.25) is 35.1 Å². The van der Waals surface area contributed by atoms with E-state index in [0.29, 0.717) is 5.56 Å². The second kappa shape index (κ2) is 11.6. The lowest BCUT2D eigenvalue weighted by atomic mass is 10.1. The van der Waals surface area contributed by atoms with Gasteiger partial charge in [0.1, 0.15) is 28.8 Å². The van der Waals surface area contributed by atoms with Crippen LogP contribution in [0.5, 0.6) is 17.2 Å². The Bertz CT molecular complexity index is 1550. The van der Waals surface area contributed by atoms with Crippen molar-refractivity contribution in [2.24, 2.45) is 0 Å². The maximum absolute atomic E-state index is 12.6. The van der Waals surface area contributed by atoms with Crippen LogP contribution in [-0.4, -0.2) is 27.8 Å². The number of halogens is 1. The van der Waals surface area contributed by atoms with Gasteiger partial charge in [0, 0.05) is 6.07 Å². The van der Waals surface area contributed by atoms with Gasteiger partial charge in [-0.2, -0.15) is 5.26 Å². The fourth-order valence-corrected chi connectivity index (χ4v) is 3.53. The fraction of sp³-hybridized carbons (Fsp3) is 0.0435. The molecule has 0 bridgehead atoms. The van der Waals surface area contributed by atoms with Gasteiger partial charge < -0.3 is 14.8 Å². The molecule has 0 saturated heterocycles. The lowest BCUT2D eigenvalue weighted by molar-refractivity contribution is -0.394. The molecule has 0 aromatic heterocycles. The first-order valence-electron chi connectivity index (χ1n) is 10.2. The smallest absolute Gasteiger partial charge is 0.318 e. The van der Waals surface area contributed by atoms with E-state index in [1.54, 1.807) is 6.07 Å². The summed E-state index contributed by atoms with van der Waals surface area (Å²) >= 11 is 3.24. The molecule has 192 valence electrons. The van der Waals surface area contributed by atoms with Gasteiger partial charge in [-0.05, 0) is 57.9 Å². The van der Waals surface area contributed by atoms with Crippen molar-refractivity contribution in [3.63, 3.8) is 0 Å². The van der Waals surface area contributed by atoms with Gasteiger partial charge in [0.15, 0.2) is 0 Å². The number of anilines is 1. The van der Waals surface area contributed by atoms with Crippen molar-refractivity contribution in [2.75, 3.05) is 12.4 Å². The Morgan fingerprint density at radius 1 is 0.947 bits per heavy atom. The number of benzene rings is 3. The quantitative estimate of drug-likeness (QED) is 0.144. The molecule has 0 saturated carbocycles. The van der Waals surface area contributed by atoms with Crippen molar-refractivity contribution in [3.05, 3.63) is 101 Å². The Kier molecular flexibility index (Phi) is 8.30. The highest BCUT2D eigenvalue weighted by Crippen LogP contribution is 2.37. The molecule has 0 aliphatic rings. The van der Waals surface area contributed by atoms with Crippen molar-refractivity contribution < 1.29 is 29.0 Å². The highest BCUT2D eigenvalue weighted by molar-refractivity contribution is 9.10. The van der Waals surface area contributed by atoms with Gasteiger partial charge in [-0.15, -0.1) is 0 Å². The fourth-order valence-electron chi connectivity index (χ4n) is 3.06. The molecule has 0 atom stereocenters. The highest BCUT2D eigenvalue weighted by Gasteiger charge is 2.22. The van der Waals surface area contributed by atoms with Gasteiger partial charge in [-0.1, -0.05) is 6.07 Å². The average molecular weight is 584 g/mol. The number of amides is 1. The normalized spacial score (nSPS) is 10.7. The molecular formula is C23H14BrN5O9. The molecule has 15 heteroatoms. The molecule has 0 heterocycles. The standard InChI is InChI=1S/C23H14BrN5O9/c1-37-16-4-5-18(19(11-16)28(33)34)26-23(30)14(12-25)8-13-2-6-21(17(24)9-13)38-22-7-3-15(27(31)32)10-20(22)29(35)36/h2-11H,1H3,(H,26,30)/b14-8+. The monoisotopic (exact) mass is 583 g/mol. The third kappa shape index (κ3) is 6.25. The number of nitriles is 1. The molecule has 0 fully saturated rings. The topological polar surface area (TPSA) is 201 Å². The summed E-state index contributed by atoms with van der Waals surface area (Å²) in [6.45, 7) is 0. The van der Waals surface area contributed by atoms with E-state index >= 15 is 0 Å². The summed E-state index contributed by atoms with van der Waals surface area (Å²) in [6, 6.07) is 12.7. The van der Waals surface area contributed by atoms with Crippen molar-refractivity contribution in [2.45, 2.75) is 0 Å². The molecule has 3 aromatic carbocycles. The first-order valence-corrected chi connectivity index (χ1v) is 11.0. The Morgan fingerprint density at radius 2 is 1.63 bits per heavy atom. The number of methoxy groups -OCH3 is 1. The summed E-state index contributed by atoms with van der Waals surface area (Å²) in [4.78, 5) is 43.9. The molecule has 0 spiro atoms. The minimum atomic E-state index is -0.904. The summed E-state index contributed by atoms with van der Waals surface area (Å²) in [5, 5.41) is 45.4. The van der Waals surface area contributed by atoms with Crippen LogP contribution in [0.25, 0.3) is 6.08 Å². The van der Waals surface area contributed by atoms with Crippen molar-refractivity contribution in [1.29, 1.82) is 5.26 Å². The number of non-ortho nitro benzene ring substituents is 1. The second-order valence-corrected chi connectivity index (χ2v) is 8.08. The van der Waals surface area contributed by atoms with Crippen LogP contribution in [0, 0.1) is 41.7 Å². The summed E-state index contributed by atoms with van der Waals surface area (Å²) in [5.74, 6) is -0.839. The van der Waals surface area contributed by atoms with Crippen LogP contribution < -0.4 is 14.8 Å². The summed E-state index contributed by atoms with van der Waals surface area (Å²) in [7, 11) is 1.33. The van der Waals surface area contributed by atoms with Crippen LogP contribution in [0.1, 0.15) is 5.56 Å². The number of nitrogens with zero attached hydrogens (tertiary/aromatic N) is 4. The zero-order valence-corrected chi connectivity index (χ0v) is 20.7. The number of ether oxygens (including phenoxy) is 2. The molecule has 3 rings (SSSR count). The number of hydrogen-bond acceptors (Lipinski definition) is 10. The Labute approximate surface area is 221 Å². The van der Waals surface area contributed by atoms with Crippen molar-refractivity contribution >= 4 is 50.7 Å². The van der Waals surface area contributed by atoms with E-state index in [9.17, 15) is 40.4 Å². The predicted octanol–water partition coefficient (Wildman–Crippen LogP) is 5.52. The first kappa shape index (κ1) is 27.2. The van der Waals surface area contributed by atoms with Gasteiger partial charge >= 0.3 is 5.69 Å². The maximum Gasteiger partial charge on any atom is 0.318 e. The SMILES string of the molecule is COc1ccc(NC(=O)/C(C#N)=C/c2ccc(Oc3ccc([N+](=O)[O-])cc3[N+](=O)[O-])c(Br)c2)c([N+](=O)[O-])c1. The lowest BCUT2D eigenvalue weighted by Crippen LogP contribution is -2.14. The predicted molar refractivity (Wildman–Crippen MR) is 136 cm³/mol. The van der Waals surface area contributed by atoms with Gasteiger partial charge in [0.25, 0.3) is 17.3 Å². The third-order valence-electron chi connectivity index (χ3n) is 4.85. The molecule has 0 unspecified atom stereocenters. The van der Waals surface area contributed by atoms with E-state index in [-0.39, 0.29) is 33.0 Å². The van der Waals surface area contributed by atoms with Crippen LogP contribution in [0.2, 0.25) is 0 Å². The Hall–Kier alpha value is -5.36. The number of nitro groups is 3. The zero-order valence-electron chi connectivity index (χ0n) is 19.1. The average Bonchev–Trinajstić information content (AvgIpc) is 2.88. The second-order valence-electron chi connectivity index (χ2n) is 7.22. The number of nitrogens with one attached hydrogen (secondary N) is 1. The number of rotatable bonds is 9. The Balaban J connectivity index is 1.86. The van der Waals surface area contributed by atoms with E-state index in [1.165, 1.54) is 43.5 Å². The summed E-state index contributed by atoms with van der Waals surface area (Å²) < 4.78 is 10.8. The Morgan fingerprint density at radius 3 is 2.21 bits per heavy atom. The summed E-state index contributed by atoms with van der Waals surface area (Å²) in [6.07, 6.45) is 1.22. The van der Waals surface area contributed by atoms with Crippen LogP contribution in [-0.2, 0) is 4.79 Å². The molecule has 14 nitrogen and oxygen atoms in total. The van der Waals surface area contributed by atoms with E-state index in [4.69, 9.17) is 9.47 Å². The minimum Gasteiger partial charge on any atom is -0.496 e. The van der Waals surface area contributed by atoms with Gasteiger partial charge in [0.05, 0.1) is 38.5 Å². The lowest BCUT2D eigenvalue weighted by Gasteiger charge is -2.09. The number of hydrogen-bond donors (Lipinski definition) is 1. The van der Waals surface area contributed by atoms with Crippen LogP contribution in [0.3, 0.4) is 0 Å². The minimum absolute atomic E-state index is 0.107. The highest BCUT2D eigenvalue weighted by atomic mass is 79.9. The summed E-state index contributed by atoms with van der Waals surface area (Å²) in [5.41, 5.74) is -1.70. The molecular weight excluding hydrogens is 570 g/mol. The maximum atomic E-state index is 12.6. The van der Waals surface area contributed by atoms with E-state index in [0.717, 1.165) is 24.3 Å². The largest absolute Gasteiger partial charge is 0.496 e. The number of carbonyl (C=O) groups excluding carboxylic acids is 1.